The Morgan fingerprint density at radius 2 is 2.05 bits per heavy atom. The Morgan fingerprint density at radius 3 is 2.60 bits per heavy atom. The van der Waals surface area contributed by atoms with E-state index in [0.717, 1.165) is 40.4 Å². The Balaban J connectivity index is 2.49. The minimum atomic E-state index is 0.346. The number of nitrogens with zero attached hydrogens (tertiary/aromatic N) is 2. The summed E-state index contributed by atoms with van der Waals surface area (Å²) in [4.78, 5) is 11.3. The van der Waals surface area contributed by atoms with Gasteiger partial charge in [-0.05, 0) is 37.5 Å². The molecule has 0 bridgehead atoms. The van der Waals surface area contributed by atoms with Crippen molar-refractivity contribution in [2.24, 2.45) is 0 Å². The summed E-state index contributed by atoms with van der Waals surface area (Å²) < 4.78 is 2.99. The van der Waals surface area contributed by atoms with E-state index in [1.807, 2.05) is 29.9 Å². The smallest absolute Gasteiger partial charge is 0.153 e. The van der Waals surface area contributed by atoms with Crippen molar-refractivity contribution in [2.75, 3.05) is 0 Å². The van der Waals surface area contributed by atoms with Gasteiger partial charge in [0.25, 0.3) is 0 Å². The van der Waals surface area contributed by atoms with E-state index in [9.17, 15) is 4.79 Å². The zero-order valence-electron chi connectivity index (χ0n) is 12.1. The first kappa shape index (κ1) is 15.0. The molecule has 0 saturated heterocycles. The largest absolute Gasteiger partial charge is 0.298 e. The van der Waals surface area contributed by atoms with E-state index in [1.165, 1.54) is 0 Å². The van der Waals surface area contributed by atoms with Gasteiger partial charge in [0, 0.05) is 16.2 Å². The molecule has 106 valence electrons. The maximum atomic E-state index is 11.3. The van der Waals surface area contributed by atoms with Crippen LogP contribution in [0.4, 0.5) is 0 Å². The van der Waals surface area contributed by atoms with E-state index in [-0.39, 0.29) is 0 Å². The average Bonchev–Trinajstić information content (AvgIpc) is 2.87. The number of aryl methyl sites for hydroxylation is 1. The van der Waals surface area contributed by atoms with Crippen molar-refractivity contribution in [3.63, 3.8) is 0 Å². The van der Waals surface area contributed by atoms with E-state index in [4.69, 9.17) is 0 Å². The lowest BCUT2D eigenvalue weighted by molar-refractivity contribution is 0.112. The van der Waals surface area contributed by atoms with Crippen LogP contribution in [0.1, 0.15) is 48.7 Å². The Labute approximate surface area is 128 Å². The van der Waals surface area contributed by atoms with Crippen LogP contribution >= 0.6 is 15.9 Å². The summed E-state index contributed by atoms with van der Waals surface area (Å²) >= 11 is 3.49. The van der Waals surface area contributed by atoms with Crippen LogP contribution in [0, 0.1) is 6.92 Å². The molecule has 0 N–H and O–H groups in total. The van der Waals surface area contributed by atoms with E-state index in [1.54, 1.807) is 0 Å². The number of carbonyl (C=O) groups excluding carboxylic acids is 1. The van der Waals surface area contributed by atoms with Gasteiger partial charge in [0.2, 0.25) is 0 Å². The van der Waals surface area contributed by atoms with Crippen molar-refractivity contribution in [3.8, 4) is 11.3 Å². The quantitative estimate of drug-likeness (QED) is 0.736. The molecule has 4 heteroatoms. The minimum absolute atomic E-state index is 0.346. The molecular formula is C16H19BrN2O. The lowest BCUT2D eigenvalue weighted by atomic mass is 10.1. The third kappa shape index (κ3) is 2.85. The summed E-state index contributed by atoms with van der Waals surface area (Å²) in [6, 6.07) is 6.38. The summed E-state index contributed by atoms with van der Waals surface area (Å²) in [6.07, 6.45) is 4.76. The van der Waals surface area contributed by atoms with Gasteiger partial charge in [0.1, 0.15) is 5.69 Å². The number of hydrogen-bond acceptors (Lipinski definition) is 2. The van der Waals surface area contributed by atoms with Gasteiger partial charge in [-0.25, -0.2) is 0 Å². The zero-order chi connectivity index (χ0) is 14.7. The molecule has 0 unspecified atom stereocenters. The zero-order valence-corrected chi connectivity index (χ0v) is 13.6. The highest BCUT2D eigenvalue weighted by atomic mass is 79.9. The van der Waals surface area contributed by atoms with Crippen molar-refractivity contribution >= 4 is 22.2 Å². The summed E-state index contributed by atoms with van der Waals surface area (Å²) in [5.74, 6) is 0. The van der Waals surface area contributed by atoms with E-state index >= 15 is 0 Å². The van der Waals surface area contributed by atoms with Crippen LogP contribution in [0.5, 0.6) is 0 Å². The van der Waals surface area contributed by atoms with Crippen LogP contribution < -0.4 is 0 Å². The predicted molar refractivity (Wildman–Crippen MR) is 85.1 cm³/mol. The molecule has 2 rings (SSSR count). The van der Waals surface area contributed by atoms with Gasteiger partial charge >= 0.3 is 0 Å². The molecule has 0 atom stereocenters. The monoisotopic (exact) mass is 334 g/mol. The second-order valence-electron chi connectivity index (χ2n) is 4.97. The maximum Gasteiger partial charge on any atom is 0.153 e. The number of benzene rings is 1. The van der Waals surface area contributed by atoms with Crippen LogP contribution in [0.3, 0.4) is 0 Å². The molecule has 0 amide bonds. The lowest BCUT2D eigenvalue weighted by Crippen LogP contribution is -2.07. The molecule has 0 spiro atoms. The molecule has 1 aromatic heterocycles. The third-order valence-electron chi connectivity index (χ3n) is 3.64. The van der Waals surface area contributed by atoms with Gasteiger partial charge < -0.3 is 0 Å². The molecular weight excluding hydrogens is 316 g/mol. The van der Waals surface area contributed by atoms with Gasteiger partial charge in [0.05, 0.1) is 11.6 Å². The van der Waals surface area contributed by atoms with Crippen LogP contribution in [-0.2, 0) is 0 Å². The highest BCUT2D eigenvalue weighted by molar-refractivity contribution is 9.10. The Hall–Kier alpha value is -1.42. The van der Waals surface area contributed by atoms with E-state index < -0.39 is 0 Å². The predicted octanol–water partition coefficient (Wildman–Crippen LogP) is 4.79. The van der Waals surface area contributed by atoms with Crippen LogP contribution in [0.2, 0.25) is 0 Å². The fourth-order valence-corrected chi connectivity index (χ4v) is 2.60. The van der Waals surface area contributed by atoms with Gasteiger partial charge in [-0.1, -0.05) is 35.8 Å². The summed E-state index contributed by atoms with van der Waals surface area (Å²) in [7, 11) is 0. The first-order valence-corrected chi connectivity index (χ1v) is 7.70. The van der Waals surface area contributed by atoms with Crippen molar-refractivity contribution in [1.82, 2.24) is 9.78 Å². The van der Waals surface area contributed by atoms with Crippen molar-refractivity contribution < 1.29 is 4.79 Å². The van der Waals surface area contributed by atoms with Gasteiger partial charge in [-0.3, -0.25) is 9.48 Å². The molecule has 20 heavy (non-hydrogen) atoms. The fraction of sp³-hybridized carbons (Fsp3) is 0.375. The highest BCUT2D eigenvalue weighted by Crippen LogP contribution is 2.27. The molecule has 0 aliphatic heterocycles. The van der Waals surface area contributed by atoms with Gasteiger partial charge in [0.15, 0.2) is 6.29 Å². The molecule has 0 aliphatic carbocycles. The second-order valence-corrected chi connectivity index (χ2v) is 5.82. The SMILES string of the molecule is CCC(CC)n1cc(C=O)c(-c2ccc(Br)c(C)c2)n1. The number of aldehydes is 1. The lowest BCUT2D eigenvalue weighted by Gasteiger charge is -2.12. The number of rotatable bonds is 5. The minimum Gasteiger partial charge on any atom is -0.298 e. The summed E-state index contributed by atoms with van der Waals surface area (Å²) in [5.41, 5.74) is 3.54. The number of aromatic nitrogens is 2. The molecule has 2 aromatic rings. The van der Waals surface area contributed by atoms with Crippen LogP contribution in [0.15, 0.2) is 28.9 Å². The number of carbonyl (C=O) groups is 1. The molecule has 0 aliphatic rings. The molecule has 0 radical (unpaired) electrons. The maximum absolute atomic E-state index is 11.3. The van der Waals surface area contributed by atoms with Crippen LogP contribution in [0.25, 0.3) is 11.3 Å². The first-order valence-electron chi connectivity index (χ1n) is 6.91. The fourth-order valence-electron chi connectivity index (χ4n) is 2.36. The summed E-state index contributed by atoms with van der Waals surface area (Å²) in [6.45, 7) is 6.31. The Kier molecular flexibility index (Phi) is 4.76. The normalized spacial score (nSPS) is 11.1. The molecule has 3 nitrogen and oxygen atoms in total. The average molecular weight is 335 g/mol. The van der Waals surface area contributed by atoms with Crippen molar-refractivity contribution in [1.29, 1.82) is 0 Å². The molecule has 1 aromatic carbocycles. The standard InChI is InChI=1S/C16H19BrN2O/c1-4-14(5-2)19-9-13(10-20)16(18-19)12-6-7-15(17)11(3)8-12/h6-10,14H,4-5H2,1-3H3. The van der Waals surface area contributed by atoms with E-state index in [0.29, 0.717) is 11.6 Å². The topological polar surface area (TPSA) is 34.9 Å². The van der Waals surface area contributed by atoms with Crippen LogP contribution in [-0.4, -0.2) is 16.1 Å². The molecule has 1 heterocycles. The highest BCUT2D eigenvalue weighted by Gasteiger charge is 2.15. The summed E-state index contributed by atoms with van der Waals surface area (Å²) in [5, 5.41) is 4.63. The van der Waals surface area contributed by atoms with Gasteiger partial charge in [-0.15, -0.1) is 0 Å². The third-order valence-corrected chi connectivity index (χ3v) is 4.52. The number of hydrogen-bond donors (Lipinski definition) is 0. The molecule has 0 fully saturated rings. The Morgan fingerprint density at radius 1 is 1.35 bits per heavy atom. The molecule has 0 saturated carbocycles. The first-order chi connectivity index (χ1) is 9.60. The van der Waals surface area contributed by atoms with Gasteiger partial charge in [-0.2, -0.15) is 5.10 Å². The number of halogens is 1. The second kappa shape index (κ2) is 6.35. The Bertz CT molecular complexity index is 615. The van der Waals surface area contributed by atoms with Crippen molar-refractivity contribution in [2.45, 2.75) is 39.7 Å². The van der Waals surface area contributed by atoms with Crippen molar-refractivity contribution in [3.05, 3.63) is 40.0 Å². The van der Waals surface area contributed by atoms with E-state index in [2.05, 4.69) is 40.9 Å².